The molecule has 0 saturated heterocycles. The number of hydrogen-bond donors (Lipinski definition) is 1. The van der Waals surface area contributed by atoms with Gasteiger partial charge in [-0.2, -0.15) is 0 Å². The predicted octanol–water partition coefficient (Wildman–Crippen LogP) is 1.48. The zero-order valence-electron chi connectivity index (χ0n) is 10.4. The highest BCUT2D eigenvalue weighted by Crippen LogP contribution is 2.21. The summed E-state index contributed by atoms with van der Waals surface area (Å²) in [5.74, 6) is 0. The molecule has 17 heavy (non-hydrogen) atoms. The van der Waals surface area contributed by atoms with E-state index in [2.05, 4.69) is 4.72 Å². The van der Waals surface area contributed by atoms with Crippen LogP contribution in [0.15, 0.2) is 17.0 Å². The Labute approximate surface area is 102 Å². The Morgan fingerprint density at radius 3 is 2.06 bits per heavy atom. The summed E-state index contributed by atoms with van der Waals surface area (Å²) in [6.45, 7) is 6.92. The van der Waals surface area contributed by atoms with Gasteiger partial charge in [0.2, 0.25) is 10.0 Å². The zero-order valence-corrected chi connectivity index (χ0v) is 11.3. The molecule has 1 aromatic carbocycles. The average Bonchev–Trinajstić information content (AvgIpc) is 2.14. The number of benzene rings is 1. The maximum absolute atomic E-state index is 12.1. The lowest BCUT2D eigenvalue weighted by molar-refractivity contribution is -0.108. The maximum Gasteiger partial charge on any atom is 0.241 e. The van der Waals surface area contributed by atoms with Gasteiger partial charge in [-0.05, 0) is 38.8 Å². The van der Waals surface area contributed by atoms with Crippen molar-refractivity contribution in [2.24, 2.45) is 0 Å². The standard InChI is InChI=1S/C12H17NO3S/c1-8-5-9(2)12(10(3)6-8)17(15,16)13-11(4)7-14/h5-7,11,13H,1-4H3. The first kappa shape index (κ1) is 13.9. The van der Waals surface area contributed by atoms with E-state index < -0.39 is 16.1 Å². The van der Waals surface area contributed by atoms with E-state index in [1.165, 1.54) is 6.92 Å². The van der Waals surface area contributed by atoms with E-state index in [1.807, 2.05) is 19.1 Å². The first-order valence-electron chi connectivity index (χ1n) is 5.33. The summed E-state index contributed by atoms with van der Waals surface area (Å²) < 4.78 is 26.5. The minimum atomic E-state index is -3.63. The Hall–Kier alpha value is -1.20. The number of aryl methyl sites for hydroxylation is 3. The van der Waals surface area contributed by atoms with E-state index in [9.17, 15) is 13.2 Å². The van der Waals surface area contributed by atoms with Crippen LogP contribution in [0.3, 0.4) is 0 Å². The van der Waals surface area contributed by atoms with Gasteiger partial charge in [0.25, 0.3) is 0 Å². The van der Waals surface area contributed by atoms with Crippen molar-refractivity contribution in [2.45, 2.75) is 38.6 Å². The normalized spacial score (nSPS) is 13.4. The van der Waals surface area contributed by atoms with Crippen molar-refractivity contribution >= 4 is 16.3 Å². The second kappa shape index (κ2) is 4.98. The van der Waals surface area contributed by atoms with Gasteiger partial charge in [0.05, 0.1) is 10.9 Å². The van der Waals surface area contributed by atoms with E-state index in [0.29, 0.717) is 17.4 Å². The third-order valence-electron chi connectivity index (χ3n) is 2.42. The topological polar surface area (TPSA) is 63.2 Å². The zero-order chi connectivity index (χ0) is 13.2. The van der Waals surface area contributed by atoms with E-state index in [-0.39, 0.29) is 4.90 Å². The van der Waals surface area contributed by atoms with Crippen molar-refractivity contribution < 1.29 is 13.2 Å². The third kappa shape index (κ3) is 3.14. The molecule has 1 atom stereocenters. The fraction of sp³-hybridized carbons (Fsp3) is 0.417. The highest BCUT2D eigenvalue weighted by molar-refractivity contribution is 7.89. The van der Waals surface area contributed by atoms with E-state index >= 15 is 0 Å². The predicted molar refractivity (Wildman–Crippen MR) is 66.5 cm³/mol. The number of carbonyl (C=O) groups is 1. The molecule has 1 aromatic rings. The lowest BCUT2D eigenvalue weighted by Crippen LogP contribution is -2.34. The monoisotopic (exact) mass is 255 g/mol. The number of nitrogens with one attached hydrogen (secondary N) is 1. The van der Waals surface area contributed by atoms with Crippen molar-refractivity contribution in [3.8, 4) is 0 Å². The first-order chi connectivity index (χ1) is 7.77. The summed E-state index contributed by atoms with van der Waals surface area (Å²) in [6.07, 6.45) is 0.566. The van der Waals surface area contributed by atoms with Gasteiger partial charge in [-0.15, -0.1) is 0 Å². The van der Waals surface area contributed by atoms with Gasteiger partial charge in [-0.25, -0.2) is 13.1 Å². The van der Waals surface area contributed by atoms with Crippen LogP contribution in [0.1, 0.15) is 23.6 Å². The van der Waals surface area contributed by atoms with Gasteiger partial charge < -0.3 is 4.79 Å². The minimum Gasteiger partial charge on any atom is -0.302 e. The summed E-state index contributed by atoms with van der Waals surface area (Å²) in [4.78, 5) is 10.8. The van der Waals surface area contributed by atoms with E-state index in [4.69, 9.17) is 0 Å². The minimum absolute atomic E-state index is 0.261. The molecule has 0 aromatic heterocycles. The summed E-state index contributed by atoms with van der Waals surface area (Å²) >= 11 is 0. The maximum atomic E-state index is 12.1. The Balaban J connectivity index is 3.29. The number of aldehydes is 1. The molecule has 0 aliphatic carbocycles. The van der Waals surface area contributed by atoms with Crippen LogP contribution in [0, 0.1) is 20.8 Å². The average molecular weight is 255 g/mol. The van der Waals surface area contributed by atoms with Crippen molar-refractivity contribution in [3.05, 3.63) is 28.8 Å². The molecule has 0 saturated carbocycles. The molecule has 1 rings (SSSR count). The Bertz CT molecular complexity index is 512. The van der Waals surface area contributed by atoms with Gasteiger partial charge in [0.1, 0.15) is 6.29 Å². The SMILES string of the molecule is Cc1cc(C)c(S(=O)(=O)NC(C)C=O)c(C)c1. The molecule has 1 N–H and O–H groups in total. The van der Waals surface area contributed by atoms with E-state index in [0.717, 1.165) is 5.56 Å². The summed E-state index contributed by atoms with van der Waals surface area (Å²) in [5.41, 5.74) is 2.39. The van der Waals surface area contributed by atoms with Crippen LogP contribution in [-0.4, -0.2) is 20.7 Å². The van der Waals surface area contributed by atoms with Gasteiger partial charge >= 0.3 is 0 Å². The molecule has 5 heteroatoms. The summed E-state index contributed by atoms with van der Waals surface area (Å²) in [7, 11) is -3.63. The first-order valence-corrected chi connectivity index (χ1v) is 6.81. The van der Waals surface area contributed by atoms with Crippen molar-refractivity contribution in [2.75, 3.05) is 0 Å². The Morgan fingerprint density at radius 1 is 1.18 bits per heavy atom. The molecule has 94 valence electrons. The smallest absolute Gasteiger partial charge is 0.241 e. The number of hydrogen-bond acceptors (Lipinski definition) is 3. The highest BCUT2D eigenvalue weighted by Gasteiger charge is 2.21. The lowest BCUT2D eigenvalue weighted by Gasteiger charge is -2.14. The second-order valence-electron chi connectivity index (χ2n) is 4.27. The molecule has 0 amide bonds. The van der Waals surface area contributed by atoms with Crippen LogP contribution in [0.2, 0.25) is 0 Å². The number of sulfonamides is 1. The quantitative estimate of drug-likeness (QED) is 0.829. The summed E-state index contributed by atoms with van der Waals surface area (Å²) in [6, 6.07) is 2.90. The fourth-order valence-corrected chi connectivity index (χ4v) is 3.55. The molecule has 0 aliphatic heterocycles. The van der Waals surface area contributed by atoms with Crippen LogP contribution < -0.4 is 4.72 Å². The molecule has 0 fully saturated rings. The molecule has 4 nitrogen and oxygen atoms in total. The van der Waals surface area contributed by atoms with Gasteiger partial charge in [-0.1, -0.05) is 17.7 Å². The highest BCUT2D eigenvalue weighted by atomic mass is 32.2. The molecule has 0 radical (unpaired) electrons. The number of rotatable bonds is 4. The Kier molecular flexibility index (Phi) is 4.06. The van der Waals surface area contributed by atoms with Gasteiger partial charge in [-0.3, -0.25) is 0 Å². The summed E-state index contributed by atoms with van der Waals surface area (Å²) in [5, 5.41) is 0. The van der Waals surface area contributed by atoms with Crippen LogP contribution >= 0.6 is 0 Å². The molecular formula is C12H17NO3S. The van der Waals surface area contributed by atoms with Crippen molar-refractivity contribution in [3.63, 3.8) is 0 Å². The fourth-order valence-electron chi connectivity index (χ4n) is 1.92. The van der Waals surface area contributed by atoms with Crippen molar-refractivity contribution in [1.82, 2.24) is 4.72 Å². The van der Waals surface area contributed by atoms with Crippen LogP contribution in [-0.2, 0) is 14.8 Å². The molecule has 0 spiro atoms. The molecular weight excluding hydrogens is 238 g/mol. The van der Waals surface area contributed by atoms with Gasteiger partial charge in [0.15, 0.2) is 0 Å². The van der Waals surface area contributed by atoms with E-state index in [1.54, 1.807) is 13.8 Å². The molecule has 0 bridgehead atoms. The van der Waals surface area contributed by atoms with Crippen LogP contribution in [0.25, 0.3) is 0 Å². The molecule has 0 aliphatic rings. The Morgan fingerprint density at radius 2 is 1.65 bits per heavy atom. The molecule has 0 heterocycles. The van der Waals surface area contributed by atoms with Crippen LogP contribution in [0.4, 0.5) is 0 Å². The van der Waals surface area contributed by atoms with Crippen molar-refractivity contribution in [1.29, 1.82) is 0 Å². The third-order valence-corrected chi connectivity index (χ3v) is 4.28. The van der Waals surface area contributed by atoms with Gasteiger partial charge in [0, 0.05) is 0 Å². The van der Waals surface area contributed by atoms with Crippen LogP contribution in [0.5, 0.6) is 0 Å². The number of carbonyl (C=O) groups excluding carboxylic acids is 1. The lowest BCUT2D eigenvalue weighted by atomic mass is 10.1. The molecule has 1 unspecified atom stereocenters. The largest absolute Gasteiger partial charge is 0.302 e. The second-order valence-corrected chi connectivity index (χ2v) is 5.92.